The minimum absolute atomic E-state index is 0.0126. The van der Waals surface area contributed by atoms with E-state index in [-0.39, 0.29) is 11.9 Å². The van der Waals surface area contributed by atoms with Gasteiger partial charge in [0.15, 0.2) is 0 Å². The van der Waals surface area contributed by atoms with Crippen LogP contribution in [-0.4, -0.2) is 30.4 Å². The number of hydrogen-bond acceptors (Lipinski definition) is 2. The van der Waals surface area contributed by atoms with E-state index in [2.05, 4.69) is 10.2 Å². The third-order valence-electron chi connectivity index (χ3n) is 3.28. The zero-order valence-electron chi connectivity index (χ0n) is 10.2. The molecular formula is C13H16Cl2N2O. The fourth-order valence-corrected chi connectivity index (χ4v) is 2.57. The van der Waals surface area contributed by atoms with Crippen LogP contribution >= 0.6 is 23.2 Å². The van der Waals surface area contributed by atoms with E-state index in [0.717, 1.165) is 25.8 Å². The van der Waals surface area contributed by atoms with Gasteiger partial charge in [0.1, 0.15) is 0 Å². The van der Waals surface area contributed by atoms with Gasteiger partial charge in [-0.3, -0.25) is 9.69 Å². The highest BCUT2D eigenvalue weighted by molar-refractivity contribution is 6.44. The third-order valence-corrected chi connectivity index (χ3v) is 4.10. The van der Waals surface area contributed by atoms with Crippen molar-refractivity contribution < 1.29 is 4.79 Å². The third kappa shape index (κ3) is 2.97. The van der Waals surface area contributed by atoms with E-state index in [1.165, 1.54) is 0 Å². The Bertz CT molecular complexity index is 451. The van der Waals surface area contributed by atoms with E-state index in [0.29, 0.717) is 15.7 Å². The van der Waals surface area contributed by atoms with Gasteiger partial charge in [-0.1, -0.05) is 35.7 Å². The van der Waals surface area contributed by atoms with Gasteiger partial charge in [0.2, 0.25) is 5.91 Å². The van der Waals surface area contributed by atoms with Gasteiger partial charge < -0.3 is 5.32 Å². The normalized spacial score (nSPS) is 20.7. The Morgan fingerprint density at radius 1 is 1.39 bits per heavy atom. The van der Waals surface area contributed by atoms with Crippen LogP contribution in [0.5, 0.6) is 0 Å². The molecule has 0 bridgehead atoms. The lowest BCUT2D eigenvalue weighted by Crippen LogP contribution is -2.44. The number of piperidine rings is 1. The first-order valence-corrected chi connectivity index (χ1v) is 6.80. The second-order valence-electron chi connectivity index (χ2n) is 4.58. The highest BCUT2D eigenvalue weighted by atomic mass is 35.5. The molecule has 0 spiro atoms. The van der Waals surface area contributed by atoms with Crippen molar-refractivity contribution in [2.75, 3.05) is 18.9 Å². The van der Waals surface area contributed by atoms with Crippen LogP contribution in [0.2, 0.25) is 10.0 Å². The molecule has 1 atom stereocenters. The smallest absolute Gasteiger partial charge is 0.241 e. The molecular weight excluding hydrogens is 271 g/mol. The lowest BCUT2D eigenvalue weighted by molar-refractivity contribution is -0.121. The maximum Gasteiger partial charge on any atom is 0.241 e. The molecule has 1 aliphatic heterocycles. The SMILES string of the molecule is CN1CCCCC1C(=O)Nc1cccc(Cl)c1Cl. The molecule has 2 rings (SSSR count). The zero-order valence-corrected chi connectivity index (χ0v) is 11.8. The zero-order chi connectivity index (χ0) is 13.1. The van der Waals surface area contributed by atoms with Gasteiger partial charge in [0, 0.05) is 0 Å². The monoisotopic (exact) mass is 286 g/mol. The molecule has 0 aliphatic carbocycles. The van der Waals surface area contributed by atoms with Crippen LogP contribution in [0, 0.1) is 0 Å². The molecule has 98 valence electrons. The quantitative estimate of drug-likeness (QED) is 0.904. The second kappa shape index (κ2) is 5.91. The van der Waals surface area contributed by atoms with E-state index in [1.807, 2.05) is 7.05 Å². The van der Waals surface area contributed by atoms with Crippen molar-refractivity contribution in [2.24, 2.45) is 0 Å². The molecule has 1 fully saturated rings. The lowest BCUT2D eigenvalue weighted by atomic mass is 10.0. The molecule has 1 saturated heterocycles. The van der Waals surface area contributed by atoms with Crippen LogP contribution in [-0.2, 0) is 4.79 Å². The maximum atomic E-state index is 12.2. The average molecular weight is 287 g/mol. The number of amides is 1. The van der Waals surface area contributed by atoms with Crippen LogP contribution in [0.15, 0.2) is 18.2 Å². The van der Waals surface area contributed by atoms with Crippen LogP contribution < -0.4 is 5.32 Å². The van der Waals surface area contributed by atoms with Gasteiger partial charge in [-0.15, -0.1) is 0 Å². The average Bonchev–Trinajstić information content (AvgIpc) is 2.35. The molecule has 1 unspecified atom stereocenters. The summed E-state index contributed by atoms with van der Waals surface area (Å²) >= 11 is 12.0. The topological polar surface area (TPSA) is 32.3 Å². The predicted octanol–water partition coefficient (Wildman–Crippen LogP) is 3.42. The van der Waals surface area contributed by atoms with Gasteiger partial charge in [-0.2, -0.15) is 0 Å². The maximum absolute atomic E-state index is 12.2. The highest BCUT2D eigenvalue weighted by Gasteiger charge is 2.26. The van der Waals surface area contributed by atoms with Crippen LogP contribution in [0.25, 0.3) is 0 Å². The molecule has 18 heavy (non-hydrogen) atoms. The summed E-state index contributed by atoms with van der Waals surface area (Å²) in [4.78, 5) is 14.3. The summed E-state index contributed by atoms with van der Waals surface area (Å²) in [6.07, 6.45) is 3.13. The lowest BCUT2D eigenvalue weighted by Gasteiger charge is -2.31. The second-order valence-corrected chi connectivity index (χ2v) is 5.37. The number of likely N-dealkylation sites (N-methyl/N-ethyl adjacent to an activating group) is 1. The Morgan fingerprint density at radius 2 is 2.17 bits per heavy atom. The van der Waals surface area contributed by atoms with Crippen LogP contribution in [0.3, 0.4) is 0 Å². The van der Waals surface area contributed by atoms with Crippen molar-refractivity contribution in [3.8, 4) is 0 Å². The molecule has 1 aromatic carbocycles. The van der Waals surface area contributed by atoms with Crippen LogP contribution in [0.4, 0.5) is 5.69 Å². The Balaban J connectivity index is 2.09. The molecule has 1 N–H and O–H groups in total. The number of carbonyl (C=O) groups excluding carboxylic acids is 1. The summed E-state index contributed by atoms with van der Waals surface area (Å²) in [5, 5.41) is 3.70. The number of hydrogen-bond donors (Lipinski definition) is 1. The number of halogens is 2. The number of likely N-dealkylation sites (tertiary alicyclic amines) is 1. The fraction of sp³-hybridized carbons (Fsp3) is 0.462. The van der Waals surface area contributed by atoms with Crippen molar-refractivity contribution in [1.29, 1.82) is 0 Å². The number of carbonyl (C=O) groups is 1. The predicted molar refractivity (Wildman–Crippen MR) is 75.4 cm³/mol. The Kier molecular flexibility index (Phi) is 4.49. The number of rotatable bonds is 2. The molecule has 5 heteroatoms. The summed E-state index contributed by atoms with van der Waals surface area (Å²) in [7, 11) is 1.98. The molecule has 0 radical (unpaired) electrons. The molecule has 3 nitrogen and oxygen atoms in total. The van der Waals surface area contributed by atoms with Crippen molar-refractivity contribution in [2.45, 2.75) is 25.3 Å². The largest absolute Gasteiger partial charge is 0.323 e. The van der Waals surface area contributed by atoms with Crippen molar-refractivity contribution in [1.82, 2.24) is 4.90 Å². The Morgan fingerprint density at radius 3 is 2.89 bits per heavy atom. The minimum Gasteiger partial charge on any atom is -0.323 e. The van der Waals surface area contributed by atoms with E-state index < -0.39 is 0 Å². The van der Waals surface area contributed by atoms with E-state index in [4.69, 9.17) is 23.2 Å². The van der Waals surface area contributed by atoms with Gasteiger partial charge in [0.05, 0.1) is 21.8 Å². The summed E-state index contributed by atoms with van der Waals surface area (Å²) < 4.78 is 0. The Labute approximate surface area is 117 Å². The highest BCUT2D eigenvalue weighted by Crippen LogP contribution is 2.30. The van der Waals surface area contributed by atoms with Gasteiger partial charge >= 0.3 is 0 Å². The number of anilines is 1. The number of nitrogens with one attached hydrogen (secondary N) is 1. The summed E-state index contributed by atoms with van der Waals surface area (Å²) in [6, 6.07) is 5.16. The van der Waals surface area contributed by atoms with E-state index in [9.17, 15) is 4.79 Å². The first-order chi connectivity index (χ1) is 8.59. The minimum atomic E-state index is -0.0752. The molecule has 1 aliphatic rings. The molecule has 1 amide bonds. The first kappa shape index (κ1) is 13.7. The molecule has 1 heterocycles. The number of nitrogens with zero attached hydrogens (tertiary/aromatic N) is 1. The van der Waals surface area contributed by atoms with Gasteiger partial charge in [0.25, 0.3) is 0 Å². The van der Waals surface area contributed by atoms with E-state index >= 15 is 0 Å². The van der Waals surface area contributed by atoms with Crippen molar-refractivity contribution >= 4 is 34.8 Å². The van der Waals surface area contributed by atoms with E-state index in [1.54, 1.807) is 18.2 Å². The van der Waals surface area contributed by atoms with Crippen LogP contribution in [0.1, 0.15) is 19.3 Å². The van der Waals surface area contributed by atoms with Crippen molar-refractivity contribution in [3.05, 3.63) is 28.2 Å². The summed E-state index contributed by atoms with van der Waals surface area (Å²) in [6.45, 7) is 0.960. The number of benzene rings is 1. The Hall–Kier alpha value is -0.770. The molecule has 0 aromatic heterocycles. The van der Waals surface area contributed by atoms with Gasteiger partial charge in [-0.25, -0.2) is 0 Å². The summed E-state index contributed by atoms with van der Waals surface area (Å²) in [5.74, 6) is -0.0126. The summed E-state index contributed by atoms with van der Waals surface area (Å²) in [5.41, 5.74) is 0.577. The molecule has 0 saturated carbocycles. The first-order valence-electron chi connectivity index (χ1n) is 6.04. The standard InChI is InChI=1S/C13H16Cl2N2O/c1-17-8-3-2-7-11(17)13(18)16-10-6-4-5-9(14)12(10)15/h4-6,11H,2-3,7-8H2,1H3,(H,16,18). The molecule has 1 aromatic rings. The fourth-order valence-electron chi connectivity index (χ4n) is 2.22. The van der Waals surface area contributed by atoms with Gasteiger partial charge in [-0.05, 0) is 38.6 Å². The van der Waals surface area contributed by atoms with Crippen molar-refractivity contribution in [3.63, 3.8) is 0 Å².